The van der Waals surface area contributed by atoms with E-state index in [1.54, 1.807) is 54.6 Å². The number of ether oxygens (including phenoxy) is 6. The van der Waals surface area contributed by atoms with Crippen molar-refractivity contribution in [3.05, 3.63) is 118 Å². The number of aromatic amines is 2. The second-order valence-electron chi connectivity index (χ2n) is 22.8. The van der Waals surface area contributed by atoms with Crippen molar-refractivity contribution in [2.75, 3.05) is 0 Å². The molecule has 6 heterocycles. The molecule has 460 valence electrons. The van der Waals surface area contributed by atoms with Crippen molar-refractivity contribution in [3.8, 4) is 0 Å². The molecule has 4 aromatic heterocycles. The van der Waals surface area contributed by atoms with Gasteiger partial charge in [-0.05, 0) is 48.5 Å². The van der Waals surface area contributed by atoms with Crippen LogP contribution in [0, 0.1) is 0 Å². The van der Waals surface area contributed by atoms with Crippen LogP contribution in [0.25, 0.3) is 87.2 Å². The third kappa shape index (κ3) is 9.15. The molecule has 91 heavy (non-hydrogen) atoms. The topological polar surface area (TPSA) is 334 Å². The van der Waals surface area contributed by atoms with Gasteiger partial charge in [0.25, 0.3) is 23.6 Å². The average Bonchev–Trinajstić information content (AvgIpc) is 1.53. The fourth-order valence-electron chi connectivity index (χ4n) is 14.2. The number of fused-ring (bicyclic) bond motifs is 20. The van der Waals surface area contributed by atoms with Gasteiger partial charge in [-0.25, -0.2) is 4.90 Å². The van der Waals surface area contributed by atoms with Crippen molar-refractivity contribution in [1.82, 2.24) is 29.3 Å². The highest BCUT2D eigenvalue weighted by atomic mass is 16.6. The molecular weight excluding hydrogens is 1180 g/mol. The number of benzene rings is 6. The Kier molecular flexibility index (Phi) is 14.0. The molecule has 0 saturated heterocycles. The van der Waals surface area contributed by atoms with E-state index in [1.807, 2.05) is 39.5 Å². The summed E-state index contributed by atoms with van der Waals surface area (Å²) in [6.45, 7) is 8.44. The van der Waals surface area contributed by atoms with Crippen molar-refractivity contribution < 1.29 is 90.8 Å². The summed E-state index contributed by atoms with van der Waals surface area (Å²) in [6.07, 6.45) is -5.06. The van der Waals surface area contributed by atoms with E-state index in [9.17, 15) is 62.3 Å². The van der Waals surface area contributed by atoms with Crippen LogP contribution in [-0.2, 0) is 62.0 Å². The van der Waals surface area contributed by atoms with Gasteiger partial charge in [-0.3, -0.25) is 67.6 Å². The van der Waals surface area contributed by atoms with E-state index in [4.69, 9.17) is 28.4 Å². The number of aromatic nitrogens is 4. The smallest absolute Gasteiger partial charge is 0.303 e. The SMILES string of the molecule is CC(=O)O[C@@H]1[C@@H](OC(C)=O)CC(n2c3ccc(C=O)cc3c3c4c(c5c6cc(C=O)ccc6[nH]c5c32)C(=O)NC4=O)[C@@H]1OC(C)=O.CC(=O)O[C@@H]1[C@@H](OC(C)=O)CC(n2c3ccccc3c3c4c(c5c6ccccc6[nH]c5c32)C(=O)N(C(C)=O)C4=O)[C@@H]1OC(C)=O. The summed E-state index contributed by atoms with van der Waals surface area (Å²) < 4.78 is 37.7. The number of carbonyl (C=O) groups is 13. The monoisotopic (exact) mass is 1230 g/mol. The molecule has 2 unspecified atom stereocenters. The second-order valence-corrected chi connectivity index (χ2v) is 22.8. The molecule has 14 rings (SSSR count). The van der Waals surface area contributed by atoms with E-state index in [0.717, 1.165) is 0 Å². The molecule has 10 aromatic rings. The van der Waals surface area contributed by atoms with Gasteiger partial charge >= 0.3 is 35.8 Å². The molecule has 6 aromatic carbocycles. The number of rotatable bonds is 10. The summed E-state index contributed by atoms with van der Waals surface area (Å²) >= 11 is 0. The molecule has 0 spiro atoms. The highest BCUT2D eigenvalue weighted by Gasteiger charge is 2.54. The van der Waals surface area contributed by atoms with Gasteiger partial charge in [-0.1, -0.05) is 36.4 Å². The van der Waals surface area contributed by atoms with Crippen molar-refractivity contribution >= 4 is 165 Å². The average molecular weight is 1230 g/mol. The number of esters is 6. The van der Waals surface area contributed by atoms with Crippen LogP contribution < -0.4 is 5.32 Å². The highest BCUT2D eigenvalue weighted by molar-refractivity contribution is 6.43. The van der Waals surface area contributed by atoms with Crippen LogP contribution in [0.2, 0.25) is 0 Å². The summed E-state index contributed by atoms with van der Waals surface area (Å²) in [5.41, 5.74) is 5.33. The van der Waals surface area contributed by atoms with Gasteiger partial charge in [0.15, 0.2) is 24.4 Å². The predicted molar refractivity (Wildman–Crippen MR) is 322 cm³/mol. The number of carbonyl (C=O) groups excluding carboxylic acids is 13. The van der Waals surface area contributed by atoms with Crippen LogP contribution in [-0.4, -0.2) is 139 Å². The maximum atomic E-state index is 14.0. The number of amides is 5. The molecule has 2 fully saturated rings. The van der Waals surface area contributed by atoms with Crippen molar-refractivity contribution in [2.45, 2.75) is 110 Å². The van der Waals surface area contributed by atoms with E-state index in [1.165, 1.54) is 48.5 Å². The molecule has 2 aliphatic carbocycles. The molecule has 8 atom stereocenters. The number of hydrogen-bond acceptors (Lipinski definition) is 19. The Balaban J connectivity index is 0.000000167. The summed E-state index contributed by atoms with van der Waals surface area (Å²) in [6, 6.07) is 22.7. The Morgan fingerprint density at radius 2 is 0.846 bits per heavy atom. The summed E-state index contributed by atoms with van der Waals surface area (Å²) in [5, 5.41) is 6.29. The molecule has 4 aliphatic rings. The van der Waals surface area contributed by atoms with Gasteiger partial charge in [0.1, 0.15) is 24.8 Å². The maximum Gasteiger partial charge on any atom is 0.303 e. The first-order chi connectivity index (χ1) is 43.5. The molecule has 0 bridgehead atoms. The first-order valence-corrected chi connectivity index (χ1v) is 28.8. The third-order valence-electron chi connectivity index (χ3n) is 17.1. The lowest BCUT2D eigenvalue weighted by molar-refractivity contribution is -0.175. The summed E-state index contributed by atoms with van der Waals surface area (Å²) in [5.74, 6) is -7.32. The van der Waals surface area contributed by atoms with Crippen LogP contribution >= 0.6 is 0 Å². The van der Waals surface area contributed by atoms with Crippen LogP contribution in [0.15, 0.2) is 84.9 Å². The van der Waals surface area contributed by atoms with Gasteiger partial charge in [0.2, 0.25) is 5.91 Å². The van der Waals surface area contributed by atoms with E-state index in [2.05, 4.69) is 15.3 Å². The van der Waals surface area contributed by atoms with E-state index in [-0.39, 0.29) is 35.1 Å². The summed E-state index contributed by atoms with van der Waals surface area (Å²) in [7, 11) is 0. The lowest BCUT2D eigenvalue weighted by Crippen LogP contribution is -2.40. The second kappa shape index (κ2) is 21.7. The Labute approximate surface area is 511 Å². The van der Waals surface area contributed by atoms with Crippen LogP contribution in [0.5, 0.6) is 0 Å². The minimum absolute atomic E-state index is 0.0308. The van der Waals surface area contributed by atoms with Crippen LogP contribution in [0.1, 0.15) is 136 Å². The molecule has 3 N–H and O–H groups in total. The molecular formula is C66H52N6O19. The van der Waals surface area contributed by atoms with Crippen molar-refractivity contribution in [3.63, 3.8) is 0 Å². The first-order valence-electron chi connectivity index (χ1n) is 28.8. The minimum Gasteiger partial charge on any atom is -0.458 e. The first kappa shape index (κ1) is 58.6. The molecule has 0 radical (unpaired) electrons. The standard InChI is InChI=1S/C33H25N3O10.C33H27N3O9/c1-13(39)44-23-10-22(30(45-14(2)40)31(23)46-15(3)41)36-21-7-5-17(12-38)9-19(21)25-27-26(32(42)35-33(27)43)24-18-8-16(11-37)4-6-20(18)34-28(24)29(25)36;1-14(37)35-32(41)26-24-18-9-5-7-11-20(18)34-28(24)29-25(27(26)33(35)42)19-10-6-8-12-21(19)36(29)22-13-23(43-15(2)38)31(45-17(4)40)30(22)44-16(3)39/h4-9,11-12,22-23,30-31,34H,10H2,1-3H3,(H,35,42,43);5-12,22-23,30-31,34H,13H2,1-4H3/t2*22?,23-,30-,31+/m00/s1. The van der Waals surface area contributed by atoms with Gasteiger partial charge in [0.05, 0.1) is 56.4 Å². The third-order valence-corrected chi connectivity index (χ3v) is 17.1. The number of nitrogens with one attached hydrogen (secondary N) is 3. The lowest BCUT2D eigenvalue weighted by Gasteiger charge is -2.27. The highest BCUT2D eigenvalue weighted by Crippen LogP contribution is 2.51. The van der Waals surface area contributed by atoms with Crippen LogP contribution in [0.3, 0.4) is 0 Å². The number of hydrogen-bond donors (Lipinski definition) is 3. The van der Waals surface area contributed by atoms with Crippen LogP contribution in [0.4, 0.5) is 0 Å². The Bertz CT molecular complexity index is 5040. The Hall–Kier alpha value is -11.4. The summed E-state index contributed by atoms with van der Waals surface area (Å²) in [4.78, 5) is 172. The quantitative estimate of drug-likeness (QED) is 0.0505. The molecule has 5 amide bonds. The number of imide groups is 4. The van der Waals surface area contributed by atoms with Gasteiger partial charge in [-0.15, -0.1) is 0 Å². The maximum absolute atomic E-state index is 14.0. The fraction of sp³-hybridized carbons (Fsp3) is 0.258. The van der Waals surface area contributed by atoms with Crippen molar-refractivity contribution in [1.29, 1.82) is 0 Å². The van der Waals surface area contributed by atoms with E-state index >= 15 is 0 Å². The minimum atomic E-state index is -1.18. The fourth-order valence-corrected chi connectivity index (χ4v) is 14.2. The predicted octanol–water partition coefficient (Wildman–Crippen LogP) is 7.99. The molecule has 25 heteroatoms. The Morgan fingerprint density at radius 1 is 0.440 bits per heavy atom. The zero-order valence-electron chi connectivity index (χ0n) is 49.4. The van der Waals surface area contributed by atoms with Gasteiger partial charge < -0.3 is 47.5 Å². The number of nitrogens with zero attached hydrogens (tertiary/aromatic N) is 3. The van der Waals surface area contributed by atoms with E-state index in [0.29, 0.717) is 116 Å². The Morgan fingerprint density at radius 3 is 1.35 bits per heavy atom. The zero-order chi connectivity index (χ0) is 64.5. The number of aldehydes is 2. The number of para-hydroxylation sites is 2. The molecule has 25 nitrogen and oxygen atoms in total. The lowest BCUT2D eigenvalue weighted by atomic mass is 9.96. The van der Waals surface area contributed by atoms with Gasteiger partial charge in [-0.2, -0.15) is 0 Å². The largest absolute Gasteiger partial charge is 0.458 e. The zero-order valence-corrected chi connectivity index (χ0v) is 49.4. The van der Waals surface area contributed by atoms with Gasteiger partial charge in [0, 0.05) is 138 Å². The molecule has 2 saturated carbocycles. The number of H-pyrrole nitrogens is 2. The normalized spacial score (nSPS) is 20.9. The molecule has 2 aliphatic heterocycles. The van der Waals surface area contributed by atoms with Crippen molar-refractivity contribution in [2.24, 2.45) is 0 Å². The van der Waals surface area contributed by atoms with E-state index < -0.39 is 114 Å².